The first kappa shape index (κ1) is 9.90. The van der Waals surface area contributed by atoms with E-state index in [2.05, 4.69) is 10.2 Å². The molecule has 14 heavy (non-hydrogen) atoms. The van der Waals surface area contributed by atoms with Crippen molar-refractivity contribution in [3.05, 3.63) is 10.7 Å². The first-order valence-electron chi connectivity index (χ1n) is 5.39. The van der Waals surface area contributed by atoms with Crippen molar-refractivity contribution < 1.29 is 4.42 Å². The van der Waals surface area contributed by atoms with Crippen molar-refractivity contribution in [3.8, 4) is 0 Å². The van der Waals surface area contributed by atoms with Crippen LogP contribution < -0.4 is 0 Å². The van der Waals surface area contributed by atoms with Gasteiger partial charge in [0, 0.05) is 6.42 Å². The number of nitrogens with one attached hydrogen (secondary N) is 1. The van der Waals surface area contributed by atoms with E-state index in [0.717, 1.165) is 18.2 Å². The summed E-state index contributed by atoms with van der Waals surface area (Å²) in [6.07, 6.45) is 9.07. The molecule has 0 atom stereocenters. The van der Waals surface area contributed by atoms with Crippen molar-refractivity contribution in [2.24, 2.45) is 5.92 Å². The second-order valence-corrected chi connectivity index (χ2v) is 4.44. The zero-order valence-corrected chi connectivity index (χ0v) is 9.11. The molecular formula is C10H16N2OS. The van der Waals surface area contributed by atoms with E-state index in [1.807, 2.05) is 0 Å². The van der Waals surface area contributed by atoms with Crippen LogP contribution >= 0.6 is 12.2 Å². The summed E-state index contributed by atoms with van der Waals surface area (Å²) in [5.74, 6) is 1.53. The Bertz CT molecular complexity index is 323. The SMILES string of the molecule is S=c1[nH]nc(CC2CCCCCC2)o1. The number of aromatic amines is 1. The van der Waals surface area contributed by atoms with Gasteiger partial charge in [-0.2, -0.15) is 0 Å². The van der Waals surface area contributed by atoms with Gasteiger partial charge in [0.15, 0.2) is 0 Å². The largest absolute Gasteiger partial charge is 0.414 e. The molecule has 78 valence electrons. The van der Waals surface area contributed by atoms with Gasteiger partial charge < -0.3 is 4.42 Å². The molecule has 1 heterocycles. The van der Waals surface area contributed by atoms with Crippen LogP contribution in [0.4, 0.5) is 0 Å². The fourth-order valence-electron chi connectivity index (χ4n) is 2.16. The number of hydrogen-bond acceptors (Lipinski definition) is 3. The Kier molecular flexibility index (Phi) is 3.35. The number of H-pyrrole nitrogens is 1. The maximum absolute atomic E-state index is 5.28. The molecule has 0 saturated heterocycles. The third kappa shape index (κ3) is 2.67. The van der Waals surface area contributed by atoms with Gasteiger partial charge in [-0.3, -0.25) is 0 Å². The summed E-state index contributed by atoms with van der Waals surface area (Å²) in [7, 11) is 0. The highest BCUT2D eigenvalue weighted by Gasteiger charge is 2.15. The van der Waals surface area contributed by atoms with Gasteiger partial charge in [0.25, 0.3) is 4.84 Å². The fraction of sp³-hybridized carbons (Fsp3) is 0.800. The van der Waals surface area contributed by atoms with E-state index < -0.39 is 0 Å². The van der Waals surface area contributed by atoms with E-state index in [0.29, 0.717) is 4.84 Å². The lowest BCUT2D eigenvalue weighted by atomic mass is 9.97. The molecule has 1 N–H and O–H groups in total. The lowest BCUT2D eigenvalue weighted by Gasteiger charge is -2.09. The molecule has 1 aliphatic rings. The summed E-state index contributed by atoms with van der Waals surface area (Å²) < 4.78 is 5.28. The van der Waals surface area contributed by atoms with Gasteiger partial charge in [0.2, 0.25) is 5.89 Å². The maximum Gasteiger partial charge on any atom is 0.284 e. The molecule has 0 aromatic carbocycles. The number of aromatic nitrogens is 2. The predicted octanol–water partition coefficient (Wildman–Crippen LogP) is 3.25. The molecule has 1 saturated carbocycles. The second-order valence-electron chi connectivity index (χ2n) is 4.07. The molecule has 1 aliphatic carbocycles. The third-order valence-corrected chi connectivity index (χ3v) is 3.10. The molecule has 0 amide bonds. The van der Waals surface area contributed by atoms with Crippen LogP contribution in [0.25, 0.3) is 0 Å². The Morgan fingerprint density at radius 2 is 2.00 bits per heavy atom. The van der Waals surface area contributed by atoms with E-state index in [1.54, 1.807) is 0 Å². The van der Waals surface area contributed by atoms with Crippen molar-refractivity contribution >= 4 is 12.2 Å². The van der Waals surface area contributed by atoms with Crippen LogP contribution in [0.1, 0.15) is 44.4 Å². The molecule has 4 heteroatoms. The zero-order chi connectivity index (χ0) is 9.80. The van der Waals surface area contributed by atoms with Gasteiger partial charge in [-0.1, -0.05) is 25.7 Å². The van der Waals surface area contributed by atoms with Crippen LogP contribution in [0.15, 0.2) is 4.42 Å². The first-order valence-corrected chi connectivity index (χ1v) is 5.80. The molecule has 1 aromatic heterocycles. The Balaban J connectivity index is 1.92. The van der Waals surface area contributed by atoms with Crippen LogP contribution in [0.2, 0.25) is 0 Å². The Labute approximate surface area is 88.9 Å². The summed E-state index contributed by atoms with van der Waals surface area (Å²) in [6, 6.07) is 0. The average Bonchev–Trinajstić information content (AvgIpc) is 2.43. The number of rotatable bonds is 2. The monoisotopic (exact) mass is 212 g/mol. The second kappa shape index (κ2) is 4.73. The number of nitrogens with zero attached hydrogens (tertiary/aromatic N) is 1. The van der Waals surface area contributed by atoms with Crippen molar-refractivity contribution in [1.29, 1.82) is 0 Å². The summed E-state index contributed by atoms with van der Waals surface area (Å²) in [5.41, 5.74) is 0. The quantitative estimate of drug-likeness (QED) is 0.604. The summed E-state index contributed by atoms with van der Waals surface area (Å²) in [5, 5.41) is 6.72. The zero-order valence-electron chi connectivity index (χ0n) is 8.29. The average molecular weight is 212 g/mol. The van der Waals surface area contributed by atoms with Crippen molar-refractivity contribution in [1.82, 2.24) is 10.2 Å². The van der Waals surface area contributed by atoms with E-state index in [1.165, 1.54) is 38.5 Å². The van der Waals surface area contributed by atoms with E-state index in [4.69, 9.17) is 16.6 Å². The van der Waals surface area contributed by atoms with Crippen LogP contribution in [-0.4, -0.2) is 10.2 Å². The molecular weight excluding hydrogens is 196 g/mol. The summed E-state index contributed by atoms with van der Waals surface area (Å²) in [4.78, 5) is 0.397. The van der Waals surface area contributed by atoms with Gasteiger partial charge in [-0.25, -0.2) is 5.10 Å². The van der Waals surface area contributed by atoms with Gasteiger partial charge in [0.05, 0.1) is 0 Å². The van der Waals surface area contributed by atoms with Crippen molar-refractivity contribution in [3.63, 3.8) is 0 Å². The topological polar surface area (TPSA) is 41.8 Å². The molecule has 0 radical (unpaired) electrons. The standard InChI is InChI=1S/C10H16N2OS/c14-10-12-11-9(13-10)7-8-5-3-1-2-4-6-8/h8H,1-7H2,(H,12,14). The molecule has 0 unspecified atom stereocenters. The molecule has 1 aromatic rings. The molecule has 3 nitrogen and oxygen atoms in total. The van der Waals surface area contributed by atoms with Crippen LogP contribution in [-0.2, 0) is 6.42 Å². The smallest absolute Gasteiger partial charge is 0.284 e. The van der Waals surface area contributed by atoms with E-state index in [-0.39, 0.29) is 0 Å². The first-order chi connectivity index (χ1) is 6.84. The molecule has 1 fully saturated rings. The van der Waals surface area contributed by atoms with E-state index in [9.17, 15) is 0 Å². The Hall–Kier alpha value is -0.640. The van der Waals surface area contributed by atoms with Crippen molar-refractivity contribution in [2.45, 2.75) is 44.9 Å². The van der Waals surface area contributed by atoms with Gasteiger partial charge in [0.1, 0.15) is 0 Å². The van der Waals surface area contributed by atoms with E-state index >= 15 is 0 Å². The van der Waals surface area contributed by atoms with Crippen LogP contribution in [0.3, 0.4) is 0 Å². The lowest BCUT2D eigenvalue weighted by molar-refractivity contribution is 0.390. The van der Waals surface area contributed by atoms with Gasteiger partial charge in [-0.15, -0.1) is 5.10 Å². The fourth-order valence-corrected chi connectivity index (χ4v) is 2.30. The van der Waals surface area contributed by atoms with Gasteiger partial charge in [-0.05, 0) is 31.0 Å². The lowest BCUT2D eigenvalue weighted by Crippen LogP contribution is -2.03. The minimum Gasteiger partial charge on any atom is -0.414 e. The normalized spacial score (nSPS) is 19.4. The Morgan fingerprint density at radius 3 is 2.57 bits per heavy atom. The highest BCUT2D eigenvalue weighted by molar-refractivity contribution is 7.71. The number of hydrogen-bond donors (Lipinski definition) is 1. The van der Waals surface area contributed by atoms with Gasteiger partial charge >= 0.3 is 0 Å². The molecule has 0 spiro atoms. The minimum atomic E-state index is 0.397. The minimum absolute atomic E-state index is 0.397. The summed E-state index contributed by atoms with van der Waals surface area (Å²) >= 11 is 4.84. The van der Waals surface area contributed by atoms with Crippen LogP contribution in [0.5, 0.6) is 0 Å². The molecule has 2 rings (SSSR count). The third-order valence-electron chi connectivity index (χ3n) is 2.92. The maximum atomic E-state index is 5.28. The van der Waals surface area contributed by atoms with Crippen molar-refractivity contribution in [2.75, 3.05) is 0 Å². The molecule has 0 aliphatic heterocycles. The highest BCUT2D eigenvalue weighted by atomic mass is 32.1. The summed E-state index contributed by atoms with van der Waals surface area (Å²) in [6.45, 7) is 0. The predicted molar refractivity (Wildman–Crippen MR) is 56.6 cm³/mol. The molecule has 0 bridgehead atoms. The highest BCUT2D eigenvalue weighted by Crippen LogP contribution is 2.25. The van der Waals surface area contributed by atoms with Crippen LogP contribution in [0, 0.1) is 10.8 Å². The Morgan fingerprint density at radius 1 is 1.29 bits per heavy atom.